The zero-order valence-electron chi connectivity index (χ0n) is 7.66. The van der Waals surface area contributed by atoms with Gasteiger partial charge >= 0.3 is 5.97 Å². The van der Waals surface area contributed by atoms with Crippen molar-refractivity contribution in [2.24, 2.45) is 0 Å². The van der Waals surface area contributed by atoms with Gasteiger partial charge in [-0.05, 0) is 20.8 Å². The Morgan fingerprint density at radius 2 is 1.58 bits per heavy atom. The summed E-state index contributed by atoms with van der Waals surface area (Å²) in [6, 6.07) is 0.0720. The number of hydrogen-bond donors (Lipinski definition) is 3. The summed E-state index contributed by atoms with van der Waals surface area (Å²) >= 11 is 0. The molecule has 0 spiro atoms. The second-order valence-electron chi connectivity index (χ2n) is 3.52. The zero-order chi connectivity index (χ0) is 9.30. The minimum absolute atomic E-state index is 0.00583. The number of aliphatic carboxylic acids is 1. The summed E-state index contributed by atoms with van der Waals surface area (Å²) in [5.41, 5.74) is 0. The van der Waals surface area contributed by atoms with E-state index in [9.17, 15) is 4.79 Å². The van der Waals surface area contributed by atoms with Crippen molar-refractivity contribution in [2.75, 3.05) is 0 Å². The van der Waals surface area contributed by atoms with Crippen molar-refractivity contribution < 1.29 is 9.90 Å². The van der Waals surface area contributed by atoms with Crippen LogP contribution < -0.4 is 10.6 Å². The van der Waals surface area contributed by atoms with Gasteiger partial charge in [-0.3, -0.25) is 10.1 Å². The topological polar surface area (TPSA) is 61.4 Å². The molecule has 3 N–H and O–H groups in total. The Kier molecular flexibility index (Phi) is 2.69. The van der Waals surface area contributed by atoms with E-state index in [1.54, 1.807) is 0 Å². The van der Waals surface area contributed by atoms with E-state index in [2.05, 4.69) is 10.6 Å². The lowest BCUT2D eigenvalue weighted by Gasteiger charge is -2.37. The maximum absolute atomic E-state index is 10.7. The fourth-order valence-electron chi connectivity index (χ4n) is 1.51. The third-order valence-electron chi connectivity index (χ3n) is 2.48. The number of carboxylic acids is 1. The summed E-state index contributed by atoms with van der Waals surface area (Å²) in [5, 5.41) is 15.1. The summed E-state index contributed by atoms with van der Waals surface area (Å²) in [6.45, 7) is 5.92. The van der Waals surface area contributed by atoms with Crippen LogP contribution in [0.4, 0.5) is 0 Å². The molecule has 0 saturated carbocycles. The number of carbonyl (C=O) groups is 1. The summed E-state index contributed by atoms with van der Waals surface area (Å²) in [4.78, 5) is 10.7. The minimum Gasteiger partial charge on any atom is -0.480 e. The molecule has 0 bridgehead atoms. The van der Waals surface area contributed by atoms with Crippen LogP contribution in [0.1, 0.15) is 20.8 Å². The number of rotatable bonds is 1. The van der Waals surface area contributed by atoms with Gasteiger partial charge in [0.15, 0.2) is 0 Å². The smallest absolute Gasteiger partial charge is 0.322 e. The van der Waals surface area contributed by atoms with E-state index < -0.39 is 12.0 Å². The van der Waals surface area contributed by atoms with E-state index in [-0.39, 0.29) is 12.1 Å². The second kappa shape index (κ2) is 3.41. The van der Waals surface area contributed by atoms with Crippen LogP contribution in [0.25, 0.3) is 0 Å². The van der Waals surface area contributed by atoms with E-state index in [4.69, 9.17) is 5.11 Å². The van der Waals surface area contributed by atoms with E-state index in [1.807, 2.05) is 20.8 Å². The zero-order valence-corrected chi connectivity index (χ0v) is 7.66. The largest absolute Gasteiger partial charge is 0.480 e. The van der Waals surface area contributed by atoms with Crippen molar-refractivity contribution in [1.82, 2.24) is 10.6 Å². The average molecular weight is 172 g/mol. The van der Waals surface area contributed by atoms with Crippen LogP contribution in [0.2, 0.25) is 0 Å². The van der Waals surface area contributed by atoms with Gasteiger partial charge in [-0.15, -0.1) is 0 Å². The van der Waals surface area contributed by atoms with Gasteiger partial charge in [-0.1, -0.05) is 0 Å². The monoisotopic (exact) mass is 172 g/mol. The Balaban J connectivity index is 2.61. The first kappa shape index (κ1) is 9.48. The summed E-state index contributed by atoms with van der Waals surface area (Å²) in [5.74, 6) is -0.784. The van der Waals surface area contributed by atoms with Crippen LogP contribution >= 0.6 is 0 Å². The molecule has 70 valence electrons. The van der Waals surface area contributed by atoms with Crippen molar-refractivity contribution >= 4 is 5.97 Å². The highest BCUT2D eigenvalue weighted by molar-refractivity contribution is 5.74. The van der Waals surface area contributed by atoms with Crippen molar-refractivity contribution in [1.29, 1.82) is 0 Å². The van der Waals surface area contributed by atoms with E-state index in [0.717, 1.165) is 0 Å². The minimum atomic E-state index is -0.784. The lowest BCUT2D eigenvalue weighted by Crippen LogP contribution is -2.65. The van der Waals surface area contributed by atoms with Gasteiger partial charge in [-0.25, -0.2) is 0 Å². The molecule has 0 aliphatic carbocycles. The molecule has 1 aliphatic rings. The fourth-order valence-corrected chi connectivity index (χ4v) is 1.51. The molecule has 1 saturated heterocycles. The molecule has 0 aromatic carbocycles. The molecule has 12 heavy (non-hydrogen) atoms. The lowest BCUT2D eigenvalue weighted by atomic mass is 10.00. The average Bonchev–Trinajstić information content (AvgIpc) is 1.96. The van der Waals surface area contributed by atoms with Gasteiger partial charge < -0.3 is 10.4 Å². The molecule has 0 unspecified atom stereocenters. The van der Waals surface area contributed by atoms with Gasteiger partial charge in [0.2, 0.25) is 0 Å². The molecule has 4 heteroatoms. The molecule has 4 nitrogen and oxygen atoms in total. The van der Waals surface area contributed by atoms with Crippen molar-refractivity contribution in [2.45, 2.75) is 44.9 Å². The first-order valence-corrected chi connectivity index (χ1v) is 4.27. The van der Waals surface area contributed by atoms with Gasteiger partial charge in [0, 0.05) is 18.1 Å². The Morgan fingerprint density at radius 3 is 2.08 bits per heavy atom. The van der Waals surface area contributed by atoms with E-state index in [1.165, 1.54) is 0 Å². The van der Waals surface area contributed by atoms with E-state index in [0.29, 0.717) is 6.04 Å². The van der Waals surface area contributed by atoms with Crippen LogP contribution in [-0.2, 0) is 4.79 Å². The van der Waals surface area contributed by atoms with E-state index >= 15 is 0 Å². The Labute approximate surface area is 72.3 Å². The summed E-state index contributed by atoms with van der Waals surface area (Å²) in [6.07, 6.45) is 0. The van der Waals surface area contributed by atoms with Gasteiger partial charge in [0.05, 0.1) is 0 Å². The van der Waals surface area contributed by atoms with Gasteiger partial charge in [0.25, 0.3) is 0 Å². The Morgan fingerprint density at radius 1 is 1.08 bits per heavy atom. The van der Waals surface area contributed by atoms with Crippen molar-refractivity contribution in [3.05, 3.63) is 0 Å². The maximum Gasteiger partial charge on any atom is 0.322 e. The quantitative estimate of drug-likeness (QED) is 0.512. The highest BCUT2D eigenvalue weighted by Gasteiger charge is 2.33. The van der Waals surface area contributed by atoms with Gasteiger partial charge in [-0.2, -0.15) is 0 Å². The number of nitrogens with one attached hydrogen (secondary N) is 2. The Bertz CT molecular complexity index is 184. The Hall–Kier alpha value is -0.610. The highest BCUT2D eigenvalue weighted by atomic mass is 16.4. The van der Waals surface area contributed by atoms with Crippen LogP contribution in [0, 0.1) is 0 Å². The number of piperazine rings is 1. The predicted molar refractivity (Wildman–Crippen MR) is 46.1 cm³/mol. The molecule has 0 radical (unpaired) electrons. The van der Waals surface area contributed by atoms with Crippen LogP contribution in [0.5, 0.6) is 0 Å². The van der Waals surface area contributed by atoms with Crippen LogP contribution in [0.15, 0.2) is 0 Å². The molecule has 0 amide bonds. The normalized spacial score (nSPS) is 42.6. The first-order valence-electron chi connectivity index (χ1n) is 4.27. The molecule has 4 atom stereocenters. The highest BCUT2D eigenvalue weighted by Crippen LogP contribution is 2.07. The number of carboxylic acid groups (broad SMARTS) is 1. The maximum atomic E-state index is 10.7. The SMILES string of the molecule is C[C@@H]1N[C@H](C)[C@H](C(=O)O)N[C@H]1C. The molecular formula is C8H16N2O2. The summed E-state index contributed by atoms with van der Waals surface area (Å²) < 4.78 is 0. The third kappa shape index (κ3) is 1.76. The third-order valence-corrected chi connectivity index (χ3v) is 2.48. The van der Waals surface area contributed by atoms with Crippen molar-refractivity contribution in [3.8, 4) is 0 Å². The van der Waals surface area contributed by atoms with Crippen LogP contribution in [-0.4, -0.2) is 35.2 Å². The first-order chi connectivity index (χ1) is 5.52. The standard InChI is InChI=1S/C8H16N2O2/c1-4-5(2)10-7(8(11)12)6(3)9-4/h4-7,9-10H,1-3H3,(H,11,12)/t4-,5-,6+,7+/m0/s1. The van der Waals surface area contributed by atoms with Gasteiger partial charge in [0.1, 0.15) is 6.04 Å². The molecule has 1 rings (SSSR count). The predicted octanol–water partition coefficient (Wildman–Crippen LogP) is -0.202. The molecule has 1 heterocycles. The van der Waals surface area contributed by atoms with Crippen molar-refractivity contribution in [3.63, 3.8) is 0 Å². The second-order valence-corrected chi connectivity index (χ2v) is 3.52. The molecule has 0 aromatic heterocycles. The lowest BCUT2D eigenvalue weighted by molar-refractivity contribution is -0.141. The van der Waals surface area contributed by atoms with Crippen LogP contribution in [0.3, 0.4) is 0 Å². The molecule has 1 fully saturated rings. The molecular weight excluding hydrogens is 156 g/mol. The molecule has 0 aromatic rings. The summed E-state index contributed by atoms with van der Waals surface area (Å²) in [7, 11) is 0. The number of hydrogen-bond acceptors (Lipinski definition) is 3. The molecule has 1 aliphatic heterocycles. The fraction of sp³-hybridized carbons (Fsp3) is 0.875.